The summed E-state index contributed by atoms with van der Waals surface area (Å²) in [4.78, 5) is 34.8. The Labute approximate surface area is 426 Å². The van der Waals surface area contributed by atoms with Crippen LogP contribution in [0.1, 0.15) is 309 Å². The summed E-state index contributed by atoms with van der Waals surface area (Å²) in [5.74, 6) is -1.00. The molecule has 0 rings (SSSR count). The molecule has 0 saturated carbocycles. The predicted molar refractivity (Wildman–Crippen MR) is 289 cm³/mol. The van der Waals surface area contributed by atoms with Gasteiger partial charge in [0.1, 0.15) is 12.2 Å². The molecule has 0 radical (unpaired) electrons. The molecule has 11 heteroatoms. The molecule has 0 fully saturated rings. The molecule has 0 aromatic rings. The van der Waals surface area contributed by atoms with Crippen LogP contribution in [0.4, 0.5) is 0 Å². The highest BCUT2D eigenvalue weighted by Crippen LogP contribution is 2.43. The molecule has 0 saturated heterocycles. The van der Waals surface area contributed by atoms with Crippen molar-refractivity contribution in [1.29, 1.82) is 0 Å². The number of hydrogen-bond donors (Lipinski definition) is 3. The second-order valence-electron chi connectivity index (χ2n) is 20.3. The lowest BCUT2D eigenvalue weighted by Crippen LogP contribution is -2.28. The van der Waals surface area contributed by atoms with Crippen molar-refractivity contribution in [2.45, 2.75) is 321 Å². The number of aliphatic hydroxyl groups excluding tert-OH is 2. The first-order valence-electron chi connectivity index (χ1n) is 29.6. The summed E-state index contributed by atoms with van der Waals surface area (Å²) < 4.78 is 32.9. The number of allylic oxidation sites excluding steroid dienone is 2. The Hall–Kier alpha value is -1.29. The maximum atomic E-state index is 12.5. The van der Waals surface area contributed by atoms with E-state index < -0.39 is 58.4 Å². The third kappa shape index (κ3) is 52.8. The summed E-state index contributed by atoms with van der Waals surface area (Å²) in [5, 5.41) is 19.3. The van der Waals surface area contributed by atoms with Gasteiger partial charge in [-0.2, -0.15) is 0 Å². The molecule has 0 bridgehead atoms. The summed E-state index contributed by atoms with van der Waals surface area (Å²) in [6.45, 7) is 2.29. The smallest absolute Gasteiger partial charge is 0.457 e. The van der Waals surface area contributed by atoms with E-state index in [4.69, 9.17) is 18.5 Å². The molecule has 410 valence electrons. The molecule has 3 atom stereocenters. The Bertz CT molecular complexity index is 1150. The minimum atomic E-state index is -4.64. The molecule has 0 aromatic carbocycles. The van der Waals surface area contributed by atoms with Crippen LogP contribution in [0.2, 0.25) is 0 Å². The monoisotopic (exact) mass is 1000 g/mol. The molecule has 0 amide bonds. The molecule has 0 spiro atoms. The third-order valence-corrected chi connectivity index (χ3v) is 14.4. The fourth-order valence-electron chi connectivity index (χ4n) is 8.94. The van der Waals surface area contributed by atoms with Gasteiger partial charge in [0.15, 0.2) is 0 Å². The van der Waals surface area contributed by atoms with E-state index in [-0.39, 0.29) is 12.8 Å². The van der Waals surface area contributed by atoms with Gasteiger partial charge in [-0.05, 0) is 38.5 Å². The number of carbonyl (C=O) groups excluding carboxylic acids is 2. The van der Waals surface area contributed by atoms with Crippen molar-refractivity contribution < 1.29 is 47.8 Å². The first-order valence-corrected chi connectivity index (χ1v) is 31.1. The van der Waals surface area contributed by atoms with Crippen molar-refractivity contribution in [2.75, 3.05) is 26.4 Å². The number of phosphoric acid groups is 1. The van der Waals surface area contributed by atoms with Gasteiger partial charge < -0.3 is 24.6 Å². The van der Waals surface area contributed by atoms with Crippen molar-refractivity contribution in [1.82, 2.24) is 0 Å². The van der Waals surface area contributed by atoms with Gasteiger partial charge in [0.25, 0.3) is 0 Å². The van der Waals surface area contributed by atoms with Crippen molar-refractivity contribution in [3.05, 3.63) is 12.2 Å². The van der Waals surface area contributed by atoms with E-state index in [9.17, 15) is 29.3 Å². The van der Waals surface area contributed by atoms with Crippen LogP contribution >= 0.6 is 7.82 Å². The van der Waals surface area contributed by atoms with Crippen LogP contribution in [0.5, 0.6) is 0 Å². The maximum absolute atomic E-state index is 12.5. The average Bonchev–Trinajstić information content (AvgIpc) is 3.34. The van der Waals surface area contributed by atoms with Gasteiger partial charge in [-0.15, -0.1) is 0 Å². The molecule has 0 aliphatic carbocycles. The molecule has 69 heavy (non-hydrogen) atoms. The molecule has 0 aromatic heterocycles. The largest absolute Gasteiger partial charge is 0.472 e. The van der Waals surface area contributed by atoms with Crippen LogP contribution in [-0.4, -0.2) is 65.7 Å². The molecular weight excluding hydrogens is 888 g/mol. The lowest BCUT2D eigenvalue weighted by Gasteiger charge is -2.20. The van der Waals surface area contributed by atoms with Crippen molar-refractivity contribution >= 4 is 19.8 Å². The molecule has 0 aliphatic rings. The number of hydrogen-bond acceptors (Lipinski definition) is 9. The van der Waals surface area contributed by atoms with E-state index >= 15 is 0 Å². The molecule has 0 aliphatic heterocycles. The average molecular weight is 1000 g/mol. The number of ether oxygens (including phenoxy) is 2. The van der Waals surface area contributed by atoms with Gasteiger partial charge in [-0.25, -0.2) is 4.57 Å². The number of phosphoric ester groups is 1. The quantitative estimate of drug-likeness (QED) is 0.0233. The van der Waals surface area contributed by atoms with Gasteiger partial charge in [-0.3, -0.25) is 18.6 Å². The number of carbonyl (C=O) groups is 2. The molecule has 0 heterocycles. The Morgan fingerprint density at radius 3 is 0.826 bits per heavy atom. The third-order valence-electron chi connectivity index (χ3n) is 13.5. The van der Waals surface area contributed by atoms with Crippen LogP contribution in [0.3, 0.4) is 0 Å². The fraction of sp³-hybridized carbons (Fsp3) is 0.931. The van der Waals surface area contributed by atoms with E-state index in [0.29, 0.717) is 12.8 Å². The van der Waals surface area contributed by atoms with Gasteiger partial charge in [0.2, 0.25) is 0 Å². The lowest BCUT2D eigenvalue weighted by atomic mass is 10.0. The number of aliphatic hydroxyl groups is 2. The zero-order valence-corrected chi connectivity index (χ0v) is 46.2. The number of esters is 2. The zero-order chi connectivity index (χ0) is 50.4. The Morgan fingerprint density at radius 2 is 0.594 bits per heavy atom. The van der Waals surface area contributed by atoms with Crippen molar-refractivity contribution in [3.63, 3.8) is 0 Å². The summed E-state index contributed by atoms with van der Waals surface area (Å²) >= 11 is 0. The molecule has 3 N–H and O–H groups in total. The number of rotatable bonds is 57. The SMILES string of the molecule is CCCCCCCCCC/C=C\CCCCCCCCCCCCCC(=O)OC(CO)COP(=O)(O)OCC(CO)OC(=O)CCCCCCCCCCCCCCCCCCCCCCCCC. The summed E-state index contributed by atoms with van der Waals surface area (Å²) in [6.07, 6.45) is 59.2. The number of unbranched alkanes of at least 4 members (excludes halogenated alkanes) is 41. The van der Waals surface area contributed by atoms with Gasteiger partial charge in [0.05, 0.1) is 26.4 Å². The second kappa shape index (κ2) is 54.5. The fourth-order valence-corrected chi connectivity index (χ4v) is 9.72. The van der Waals surface area contributed by atoms with Gasteiger partial charge >= 0.3 is 19.8 Å². The summed E-state index contributed by atoms with van der Waals surface area (Å²) in [7, 11) is -4.64. The predicted octanol–water partition coefficient (Wildman–Crippen LogP) is 17.5. The zero-order valence-electron chi connectivity index (χ0n) is 45.3. The lowest BCUT2D eigenvalue weighted by molar-refractivity contribution is -0.153. The Balaban J connectivity index is 3.73. The van der Waals surface area contributed by atoms with E-state index in [1.165, 1.54) is 231 Å². The molecular formula is C58H113O10P. The van der Waals surface area contributed by atoms with Gasteiger partial charge in [-0.1, -0.05) is 270 Å². The minimum absolute atomic E-state index is 0.196. The van der Waals surface area contributed by atoms with Crippen LogP contribution in [-0.2, 0) is 32.7 Å². The van der Waals surface area contributed by atoms with E-state index in [1.54, 1.807) is 0 Å². The van der Waals surface area contributed by atoms with E-state index in [1.807, 2.05) is 0 Å². The van der Waals surface area contributed by atoms with Crippen molar-refractivity contribution in [3.8, 4) is 0 Å². The normalized spacial score (nSPS) is 13.5. The van der Waals surface area contributed by atoms with E-state index in [2.05, 4.69) is 26.0 Å². The topological polar surface area (TPSA) is 149 Å². The van der Waals surface area contributed by atoms with Crippen LogP contribution in [0.25, 0.3) is 0 Å². The minimum Gasteiger partial charge on any atom is -0.457 e. The highest BCUT2D eigenvalue weighted by atomic mass is 31.2. The van der Waals surface area contributed by atoms with Crippen molar-refractivity contribution in [2.24, 2.45) is 0 Å². The Kier molecular flexibility index (Phi) is 53.5. The van der Waals surface area contributed by atoms with Gasteiger partial charge in [0, 0.05) is 12.8 Å². The van der Waals surface area contributed by atoms with Crippen LogP contribution in [0.15, 0.2) is 12.2 Å². The molecule has 3 unspecified atom stereocenters. The maximum Gasteiger partial charge on any atom is 0.472 e. The first-order chi connectivity index (χ1) is 33.8. The van der Waals surface area contributed by atoms with Crippen LogP contribution in [0, 0.1) is 0 Å². The van der Waals surface area contributed by atoms with E-state index in [0.717, 1.165) is 38.5 Å². The van der Waals surface area contributed by atoms with Crippen LogP contribution < -0.4 is 0 Å². The standard InChI is InChI=1S/C58H113O10P/c1-3-5-7-9-11-13-15-17-19-21-23-25-27-29-31-33-35-37-39-41-43-45-47-49-57(61)67-55(51-59)53-65-69(63,64)66-54-56(52-60)68-58(62)50-48-46-44-42-40-38-36-34-32-30-28-26-24-22-20-18-16-14-12-10-8-6-4-2/h21,23,55-56,59-60H,3-20,22,24-54H2,1-2H3,(H,63,64)/b23-21-. The summed E-state index contributed by atoms with van der Waals surface area (Å²) in [5.41, 5.74) is 0. The Morgan fingerprint density at radius 1 is 0.377 bits per heavy atom. The summed E-state index contributed by atoms with van der Waals surface area (Å²) in [6, 6.07) is 0. The first kappa shape index (κ1) is 67.7. The molecule has 10 nitrogen and oxygen atoms in total. The highest BCUT2D eigenvalue weighted by molar-refractivity contribution is 7.47. The highest BCUT2D eigenvalue weighted by Gasteiger charge is 2.27. The second-order valence-corrected chi connectivity index (χ2v) is 21.8.